The highest BCUT2D eigenvalue weighted by Gasteiger charge is 2.18. The summed E-state index contributed by atoms with van der Waals surface area (Å²) in [7, 11) is 0. The van der Waals surface area contributed by atoms with Gasteiger partial charge in [0.05, 0.1) is 25.5 Å². The average Bonchev–Trinajstić information content (AvgIpc) is 2.90. The second-order valence-electron chi connectivity index (χ2n) is 6.12. The Bertz CT molecular complexity index is 794. The summed E-state index contributed by atoms with van der Waals surface area (Å²) in [6.07, 6.45) is 2.09. The molecule has 0 amide bonds. The number of aromatic amines is 1. The average molecular weight is 378 g/mol. The molecule has 2 aromatic rings. The lowest BCUT2D eigenvalue weighted by atomic mass is 10.1. The molecule has 0 unspecified atom stereocenters. The van der Waals surface area contributed by atoms with Gasteiger partial charge in [0.25, 0.3) is 0 Å². The first kappa shape index (κ1) is 20.7. The minimum Gasteiger partial charge on any atom is -0.493 e. The van der Waals surface area contributed by atoms with Gasteiger partial charge in [-0.2, -0.15) is 0 Å². The third-order valence-electron chi connectivity index (χ3n) is 4.16. The van der Waals surface area contributed by atoms with E-state index in [1.54, 1.807) is 6.07 Å². The summed E-state index contributed by atoms with van der Waals surface area (Å²) >= 11 is 0. The normalized spacial score (nSPS) is 10.8. The van der Waals surface area contributed by atoms with Crippen molar-refractivity contribution in [3.63, 3.8) is 0 Å². The van der Waals surface area contributed by atoms with Crippen molar-refractivity contribution < 1.29 is 19.3 Å². The molecule has 0 aliphatic heterocycles. The van der Waals surface area contributed by atoms with Crippen molar-refractivity contribution >= 4 is 0 Å². The summed E-state index contributed by atoms with van der Waals surface area (Å²) in [5, 5.41) is 10.5. The lowest BCUT2D eigenvalue weighted by molar-refractivity contribution is 0.282. The number of hydrogen-bond donors (Lipinski definition) is 2. The second kappa shape index (κ2) is 9.94. The van der Waals surface area contributed by atoms with Gasteiger partial charge in [0.2, 0.25) is 5.88 Å². The molecule has 0 spiro atoms. The summed E-state index contributed by atoms with van der Waals surface area (Å²) in [5.41, 5.74) is 0.969. The maximum atomic E-state index is 12.1. The van der Waals surface area contributed by atoms with Gasteiger partial charge in [-0.05, 0) is 33.3 Å². The van der Waals surface area contributed by atoms with E-state index in [0.717, 1.165) is 18.4 Å². The molecule has 2 rings (SSSR count). The van der Waals surface area contributed by atoms with Crippen LogP contribution >= 0.6 is 0 Å². The maximum absolute atomic E-state index is 12.1. The number of rotatable bonds is 11. The lowest BCUT2D eigenvalue weighted by Crippen LogP contribution is -2.16. The third kappa shape index (κ3) is 4.99. The maximum Gasteiger partial charge on any atom is 0.328 e. The zero-order chi connectivity index (χ0) is 19.8. The highest BCUT2D eigenvalue weighted by Crippen LogP contribution is 2.37. The van der Waals surface area contributed by atoms with Gasteiger partial charge in [0, 0.05) is 24.6 Å². The Morgan fingerprint density at radius 3 is 2.15 bits per heavy atom. The van der Waals surface area contributed by atoms with E-state index in [4.69, 9.17) is 14.2 Å². The van der Waals surface area contributed by atoms with E-state index in [1.807, 2.05) is 33.8 Å². The van der Waals surface area contributed by atoms with Crippen molar-refractivity contribution in [3.8, 4) is 23.1 Å². The van der Waals surface area contributed by atoms with E-state index in [9.17, 15) is 9.90 Å². The number of aromatic hydroxyl groups is 1. The van der Waals surface area contributed by atoms with Crippen LogP contribution in [0.3, 0.4) is 0 Å². The van der Waals surface area contributed by atoms with Crippen LogP contribution in [0.2, 0.25) is 0 Å². The minimum atomic E-state index is -0.301. The van der Waals surface area contributed by atoms with Crippen LogP contribution in [0.15, 0.2) is 16.9 Å². The number of benzene rings is 1. The molecule has 1 heterocycles. The second-order valence-corrected chi connectivity index (χ2v) is 6.12. The van der Waals surface area contributed by atoms with Gasteiger partial charge in [-0.3, -0.25) is 4.57 Å². The van der Waals surface area contributed by atoms with Gasteiger partial charge in [0.15, 0.2) is 11.5 Å². The molecule has 1 aromatic carbocycles. The van der Waals surface area contributed by atoms with Gasteiger partial charge in [0.1, 0.15) is 5.75 Å². The molecule has 7 nitrogen and oxygen atoms in total. The molecule has 0 saturated carbocycles. The Kier molecular flexibility index (Phi) is 7.64. The minimum absolute atomic E-state index is 0.0252. The number of H-pyrrole nitrogens is 1. The summed E-state index contributed by atoms with van der Waals surface area (Å²) in [6, 6.07) is 3.65. The number of hydrogen-bond acceptors (Lipinski definition) is 5. The first-order valence-corrected chi connectivity index (χ1v) is 9.61. The molecule has 0 aliphatic carbocycles. The van der Waals surface area contributed by atoms with Crippen LogP contribution in [-0.2, 0) is 13.0 Å². The molecule has 0 atom stereocenters. The van der Waals surface area contributed by atoms with E-state index < -0.39 is 0 Å². The molecular formula is C20H30N2O5. The molecule has 0 bridgehead atoms. The Labute approximate surface area is 159 Å². The highest BCUT2D eigenvalue weighted by atomic mass is 16.5. The molecule has 2 N–H and O–H groups in total. The molecule has 7 heteroatoms. The quantitative estimate of drug-likeness (QED) is 0.625. The number of imidazole rings is 1. The number of aromatic nitrogens is 2. The van der Waals surface area contributed by atoms with Crippen LogP contribution in [0.25, 0.3) is 0 Å². The molecular weight excluding hydrogens is 348 g/mol. The van der Waals surface area contributed by atoms with E-state index >= 15 is 0 Å². The molecule has 1 aromatic heterocycles. The molecule has 0 saturated heterocycles. The van der Waals surface area contributed by atoms with Crippen molar-refractivity contribution in [1.82, 2.24) is 9.55 Å². The molecule has 0 aliphatic rings. The molecule has 0 radical (unpaired) electrons. The van der Waals surface area contributed by atoms with Crippen LogP contribution in [-0.4, -0.2) is 34.5 Å². The fourth-order valence-electron chi connectivity index (χ4n) is 2.90. The van der Waals surface area contributed by atoms with E-state index in [0.29, 0.717) is 55.7 Å². The Balaban J connectivity index is 2.42. The standard InChI is InChI=1S/C20H30N2O5/c1-5-9-10-22-19(23)15(21-20(22)24)11-14-12-17(26-7-3)18(27-8-4)13-16(14)25-6-2/h12-13,23H,5-11H2,1-4H3,(H,21,24). The van der Waals surface area contributed by atoms with E-state index in [1.165, 1.54) is 4.57 Å². The van der Waals surface area contributed by atoms with Gasteiger partial charge in [-0.15, -0.1) is 0 Å². The van der Waals surface area contributed by atoms with Crippen LogP contribution in [0.5, 0.6) is 23.1 Å². The van der Waals surface area contributed by atoms with Gasteiger partial charge in [-0.1, -0.05) is 13.3 Å². The van der Waals surface area contributed by atoms with Crippen molar-refractivity contribution in [1.29, 1.82) is 0 Å². The van der Waals surface area contributed by atoms with Crippen molar-refractivity contribution in [3.05, 3.63) is 33.9 Å². The fourth-order valence-corrected chi connectivity index (χ4v) is 2.90. The monoisotopic (exact) mass is 378 g/mol. The van der Waals surface area contributed by atoms with Crippen LogP contribution in [0.4, 0.5) is 0 Å². The van der Waals surface area contributed by atoms with Crippen LogP contribution in [0, 0.1) is 0 Å². The number of unbranched alkanes of at least 4 members (excludes halogenated alkanes) is 1. The van der Waals surface area contributed by atoms with Crippen molar-refractivity contribution in [2.45, 2.75) is 53.5 Å². The highest BCUT2D eigenvalue weighted by molar-refractivity contribution is 5.52. The molecule has 0 fully saturated rings. The van der Waals surface area contributed by atoms with Gasteiger partial charge in [-0.25, -0.2) is 4.79 Å². The fraction of sp³-hybridized carbons (Fsp3) is 0.550. The summed E-state index contributed by atoms with van der Waals surface area (Å²) in [4.78, 5) is 14.9. The number of nitrogens with one attached hydrogen (secondary N) is 1. The Morgan fingerprint density at radius 1 is 0.963 bits per heavy atom. The van der Waals surface area contributed by atoms with Crippen molar-refractivity contribution in [2.24, 2.45) is 0 Å². The number of nitrogens with zero attached hydrogens (tertiary/aromatic N) is 1. The van der Waals surface area contributed by atoms with Gasteiger partial charge >= 0.3 is 5.69 Å². The zero-order valence-electron chi connectivity index (χ0n) is 16.6. The van der Waals surface area contributed by atoms with Gasteiger partial charge < -0.3 is 24.3 Å². The van der Waals surface area contributed by atoms with Crippen LogP contribution in [0.1, 0.15) is 51.8 Å². The predicted molar refractivity (Wildman–Crippen MR) is 104 cm³/mol. The summed E-state index contributed by atoms with van der Waals surface area (Å²) in [5.74, 6) is 1.85. The van der Waals surface area contributed by atoms with E-state index in [-0.39, 0.29) is 11.6 Å². The Morgan fingerprint density at radius 2 is 1.56 bits per heavy atom. The third-order valence-corrected chi connectivity index (χ3v) is 4.16. The summed E-state index contributed by atoms with van der Waals surface area (Å²) < 4.78 is 18.5. The predicted octanol–water partition coefficient (Wildman–Crippen LogP) is 3.47. The van der Waals surface area contributed by atoms with E-state index in [2.05, 4.69) is 4.98 Å². The van der Waals surface area contributed by atoms with Crippen molar-refractivity contribution in [2.75, 3.05) is 19.8 Å². The first-order valence-electron chi connectivity index (χ1n) is 9.61. The molecule has 27 heavy (non-hydrogen) atoms. The molecule has 150 valence electrons. The van der Waals surface area contributed by atoms with Crippen LogP contribution < -0.4 is 19.9 Å². The SMILES string of the molecule is CCCCn1c(O)c(Cc2cc(OCC)c(OCC)cc2OCC)[nH]c1=O. The lowest BCUT2D eigenvalue weighted by Gasteiger charge is -2.16. The smallest absolute Gasteiger partial charge is 0.328 e. The zero-order valence-corrected chi connectivity index (χ0v) is 16.6. The summed E-state index contributed by atoms with van der Waals surface area (Å²) in [6.45, 7) is 9.76. The Hall–Kier alpha value is -2.57. The number of ether oxygens (including phenoxy) is 3. The largest absolute Gasteiger partial charge is 0.493 e. The first-order chi connectivity index (χ1) is 13.0. The topological polar surface area (TPSA) is 85.7 Å².